The minimum absolute atomic E-state index is 0.513. The zero-order valence-electron chi connectivity index (χ0n) is 21.7. The number of ether oxygens (including phenoxy) is 2. The number of aliphatic hydroxyl groups excluding tert-OH is 1. The minimum Gasteiger partial charge on any atom is -0.497 e. The molecular weight excluding hydrogens is 470 g/mol. The van der Waals surface area contributed by atoms with Crippen LogP contribution in [0.3, 0.4) is 0 Å². The summed E-state index contributed by atoms with van der Waals surface area (Å²) in [5.74, 6) is 2.51. The van der Waals surface area contributed by atoms with Crippen molar-refractivity contribution in [2.24, 2.45) is 0 Å². The normalized spacial score (nSPS) is 9.58. The lowest BCUT2D eigenvalue weighted by atomic mass is 10.0. The average Bonchev–Trinajstić information content (AvgIpc) is 2.96. The van der Waals surface area contributed by atoms with Gasteiger partial charge in [0.1, 0.15) is 11.5 Å². The van der Waals surface area contributed by atoms with Crippen LogP contribution in [0.15, 0.2) is 66.7 Å². The van der Waals surface area contributed by atoms with Crippen molar-refractivity contribution in [2.75, 3.05) is 27.1 Å². The molecule has 0 saturated heterocycles. The van der Waals surface area contributed by atoms with Gasteiger partial charge in [0.25, 0.3) is 0 Å². The van der Waals surface area contributed by atoms with Crippen LogP contribution in [0, 0.1) is 22.7 Å². The van der Waals surface area contributed by atoms with Crippen molar-refractivity contribution < 1.29 is 14.6 Å². The summed E-state index contributed by atoms with van der Waals surface area (Å²) in [5, 5.41) is 25.5. The van der Waals surface area contributed by atoms with Gasteiger partial charge in [0.05, 0.1) is 37.5 Å². The molecule has 0 amide bonds. The topological polar surface area (TPSA) is 89.5 Å². The van der Waals surface area contributed by atoms with Gasteiger partial charge < -0.3 is 14.6 Å². The van der Waals surface area contributed by atoms with E-state index in [9.17, 15) is 5.26 Å². The Hall–Kier alpha value is -3.49. The molecule has 0 aliphatic rings. The Bertz CT molecular complexity index is 1060. The van der Waals surface area contributed by atoms with E-state index in [0.29, 0.717) is 11.1 Å². The molecule has 0 spiro atoms. The van der Waals surface area contributed by atoms with Gasteiger partial charge >= 0.3 is 0 Å². The number of hydrogen-bond donors (Lipinski definition) is 1. The van der Waals surface area contributed by atoms with Gasteiger partial charge in [-0.2, -0.15) is 10.5 Å². The molecule has 0 bridgehead atoms. The molecule has 0 fully saturated rings. The van der Waals surface area contributed by atoms with Crippen LogP contribution in [0.2, 0.25) is 0 Å². The third-order valence-corrected chi connectivity index (χ3v) is 6.05. The summed E-state index contributed by atoms with van der Waals surface area (Å²) in [6.07, 6.45) is 0.751. The van der Waals surface area contributed by atoms with E-state index in [0.717, 1.165) is 49.4 Å². The first-order chi connectivity index (χ1) is 17.6. The van der Waals surface area contributed by atoms with Gasteiger partial charge in [-0.25, -0.2) is 4.31 Å². The van der Waals surface area contributed by atoms with Crippen LogP contribution in [0.5, 0.6) is 11.5 Å². The quantitative estimate of drug-likeness (QED) is 0.339. The first-order valence-corrected chi connectivity index (χ1v) is 12.6. The number of nitriles is 2. The maximum atomic E-state index is 9.42. The first kappa shape index (κ1) is 30.5. The summed E-state index contributed by atoms with van der Waals surface area (Å²) in [4.78, 5) is 0. The average molecular weight is 506 g/mol. The summed E-state index contributed by atoms with van der Waals surface area (Å²) in [7, 11) is 4.33. The van der Waals surface area contributed by atoms with Crippen LogP contribution in [0.25, 0.3) is 0 Å². The zero-order chi connectivity index (χ0) is 26.8. The Kier molecular flexibility index (Phi) is 15.2. The molecule has 1 N–H and O–H groups in total. The van der Waals surface area contributed by atoms with Crippen molar-refractivity contribution in [1.82, 2.24) is 4.31 Å². The van der Waals surface area contributed by atoms with E-state index in [2.05, 4.69) is 40.7 Å². The standard InChI is InChI=1S/C26H25N3O2S.C2H6.CH4O/c1-30-25-9-4-20(5-10-25)18-29(19-21-6-11-26(31-2)12-7-21)32-14-13-23-8-3-22(16-27)15-24(23)17-28;2*1-2/h3-12,15H,13-14,18-19H2,1-2H3;1-2H3;2H,1H3. The molecule has 0 atom stereocenters. The van der Waals surface area contributed by atoms with Crippen LogP contribution in [-0.4, -0.2) is 36.5 Å². The lowest BCUT2D eigenvalue weighted by Gasteiger charge is -2.22. The van der Waals surface area contributed by atoms with Crippen LogP contribution in [-0.2, 0) is 19.5 Å². The predicted molar refractivity (Wildman–Crippen MR) is 147 cm³/mol. The van der Waals surface area contributed by atoms with Gasteiger partial charge in [0, 0.05) is 26.0 Å². The number of nitrogens with zero attached hydrogens (tertiary/aromatic N) is 3. The second-order valence-corrected chi connectivity index (χ2v) is 8.36. The van der Waals surface area contributed by atoms with E-state index in [4.69, 9.17) is 19.8 Å². The number of hydrogen-bond acceptors (Lipinski definition) is 7. The molecule has 0 aliphatic heterocycles. The number of methoxy groups -OCH3 is 2. The lowest BCUT2D eigenvalue weighted by Crippen LogP contribution is -2.16. The molecule has 0 aliphatic carbocycles. The molecule has 7 heteroatoms. The monoisotopic (exact) mass is 505 g/mol. The highest BCUT2D eigenvalue weighted by molar-refractivity contribution is 7.96. The van der Waals surface area contributed by atoms with Crippen molar-refractivity contribution in [3.63, 3.8) is 0 Å². The molecule has 6 nitrogen and oxygen atoms in total. The number of benzene rings is 3. The van der Waals surface area contributed by atoms with E-state index in [1.54, 1.807) is 38.3 Å². The van der Waals surface area contributed by atoms with E-state index in [1.165, 1.54) is 11.1 Å². The Morgan fingerprint density at radius 3 is 1.69 bits per heavy atom. The molecule has 190 valence electrons. The van der Waals surface area contributed by atoms with Crippen LogP contribution in [0.1, 0.15) is 41.7 Å². The molecular formula is C29H35N3O3S. The molecule has 0 unspecified atom stereocenters. The van der Waals surface area contributed by atoms with E-state index < -0.39 is 0 Å². The van der Waals surface area contributed by atoms with Crippen molar-refractivity contribution in [1.29, 1.82) is 10.5 Å². The van der Waals surface area contributed by atoms with Gasteiger partial charge in [-0.15, -0.1) is 0 Å². The van der Waals surface area contributed by atoms with Gasteiger partial charge in [-0.05, 0) is 59.5 Å². The molecule has 0 saturated carbocycles. The van der Waals surface area contributed by atoms with Gasteiger partial charge in [0.15, 0.2) is 0 Å². The SMILES string of the molecule is CC.CO.COc1ccc(CN(Cc2ccc(OC)cc2)SCCc2ccc(C#N)cc2C#N)cc1. The second-order valence-electron chi connectivity index (χ2n) is 7.17. The molecule has 3 aromatic carbocycles. The Balaban J connectivity index is 0.00000154. The summed E-state index contributed by atoms with van der Waals surface area (Å²) in [6, 6.07) is 25.8. The summed E-state index contributed by atoms with van der Waals surface area (Å²) >= 11 is 1.75. The smallest absolute Gasteiger partial charge is 0.118 e. The highest BCUT2D eigenvalue weighted by Gasteiger charge is 2.11. The maximum Gasteiger partial charge on any atom is 0.118 e. The van der Waals surface area contributed by atoms with Crippen LogP contribution in [0.4, 0.5) is 0 Å². The largest absolute Gasteiger partial charge is 0.497 e. The molecule has 36 heavy (non-hydrogen) atoms. The van der Waals surface area contributed by atoms with Gasteiger partial charge in [-0.1, -0.05) is 56.1 Å². The third kappa shape index (κ3) is 10.0. The Morgan fingerprint density at radius 2 is 1.28 bits per heavy atom. The first-order valence-electron chi connectivity index (χ1n) is 11.7. The lowest BCUT2D eigenvalue weighted by molar-refractivity contribution is 0.399. The number of aryl methyl sites for hydroxylation is 1. The van der Waals surface area contributed by atoms with Gasteiger partial charge in [0.2, 0.25) is 0 Å². The van der Waals surface area contributed by atoms with Crippen molar-refractivity contribution in [3.8, 4) is 23.6 Å². The highest BCUT2D eigenvalue weighted by atomic mass is 32.2. The summed E-state index contributed by atoms with van der Waals surface area (Å²) in [5.41, 5.74) is 4.44. The van der Waals surface area contributed by atoms with Crippen LogP contribution < -0.4 is 9.47 Å². The summed E-state index contributed by atoms with van der Waals surface area (Å²) < 4.78 is 12.9. The van der Waals surface area contributed by atoms with Crippen molar-refractivity contribution in [3.05, 3.63) is 94.5 Å². The van der Waals surface area contributed by atoms with Crippen molar-refractivity contribution in [2.45, 2.75) is 33.4 Å². The molecule has 0 heterocycles. The summed E-state index contributed by atoms with van der Waals surface area (Å²) in [6.45, 7) is 5.55. The molecule has 3 rings (SSSR count). The van der Waals surface area contributed by atoms with Crippen molar-refractivity contribution >= 4 is 11.9 Å². The van der Waals surface area contributed by atoms with E-state index >= 15 is 0 Å². The second kappa shape index (κ2) is 17.9. The fourth-order valence-corrected chi connectivity index (χ4v) is 4.32. The number of aliphatic hydroxyl groups is 1. The minimum atomic E-state index is 0.513. The van der Waals surface area contributed by atoms with Crippen LogP contribution >= 0.6 is 11.9 Å². The fourth-order valence-electron chi connectivity index (χ4n) is 3.27. The van der Waals surface area contributed by atoms with Gasteiger partial charge in [-0.3, -0.25) is 0 Å². The highest BCUT2D eigenvalue weighted by Crippen LogP contribution is 2.23. The third-order valence-electron chi connectivity index (χ3n) is 5.04. The van der Waals surface area contributed by atoms with E-state index in [1.807, 2.05) is 44.2 Å². The predicted octanol–water partition coefficient (Wildman–Crippen LogP) is 5.97. The van der Waals surface area contributed by atoms with E-state index in [-0.39, 0.29) is 0 Å². The molecule has 0 aromatic heterocycles. The zero-order valence-corrected chi connectivity index (χ0v) is 22.5. The maximum absolute atomic E-state index is 9.42. The Labute approximate surface area is 219 Å². The molecule has 0 radical (unpaired) electrons. The Morgan fingerprint density at radius 1 is 0.778 bits per heavy atom. The number of rotatable bonds is 10. The molecule has 3 aromatic rings. The fraction of sp³-hybridized carbons (Fsp3) is 0.310.